The van der Waals surface area contributed by atoms with E-state index < -0.39 is 0 Å². The first kappa shape index (κ1) is 16.4. The van der Waals surface area contributed by atoms with Crippen molar-refractivity contribution < 1.29 is 9.53 Å². The number of fused-ring (bicyclic) bond motifs is 1. The molecule has 0 radical (unpaired) electrons. The Hall–Kier alpha value is -2.45. The van der Waals surface area contributed by atoms with E-state index in [1.165, 1.54) is 0 Å². The van der Waals surface area contributed by atoms with Gasteiger partial charge in [0.15, 0.2) is 0 Å². The molecule has 24 heavy (non-hydrogen) atoms. The Morgan fingerprint density at radius 1 is 1.42 bits per heavy atom. The van der Waals surface area contributed by atoms with Gasteiger partial charge in [0, 0.05) is 40.8 Å². The van der Waals surface area contributed by atoms with Crippen LogP contribution in [0.3, 0.4) is 0 Å². The van der Waals surface area contributed by atoms with E-state index in [-0.39, 0.29) is 11.9 Å². The molecule has 124 valence electrons. The van der Waals surface area contributed by atoms with Crippen LogP contribution in [0, 0.1) is 0 Å². The molecule has 4 N–H and O–H groups in total. The Morgan fingerprint density at radius 3 is 3.00 bits per heavy atom. The van der Waals surface area contributed by atoms with E-state index in [0.29, 0.717) is 30.1 Å². The molecule has 2 aromatic heterocycles. The summed E-state index contributed by atoms with van der Waals surface area (Å²) in [7, 11) is 1.59. The minimum Gasteiger partial charge on any atom is -0.383 e. The van der Waals surface area contributed by atoms with Crippen LogP contribution in [0.4, 0.5) is 5.95 Å². The molecular weight excluding hydrogens is 374 g/mol. The highest BCUT2D eigenvalue weighted by Gasteiger charge is 2.20. The molecule has 8 heteroatoms. The summed E-state index contributed by atoms with van der Waals surface area (Å²) in [5, 5.41) is 3.69. The maximum atomic E-state index is 12.6. The standard InChI is InChI=1S/C16H16BrN5O2/c1-24-7-6-19-15(23)14-13(12-4-5-20-16(18)22-12)10-8-9(17)2-3-11(10)21-14/h2-5,8,21H,6-7H2,1H3,(H,19,23)(H2,18,20,22). The van der Waals surface area contributed by atoms with Gasteiger partial charge in [0.2, 0.25) is 5.95 Å². The highest BCUT2D eigenvalue weighted by atomic mass is 79.9. The molecule has 0 bridgehead atoms. The van der Waals surface area contributed by atoms with Crippen LogP contribution >= 0.6 is 15.9 Å². The van der Waals surface area contributed by atoms with Gasteiger partial charge in [-0.2, -0.15) is 0 Å². The van der Waals surface area contributed by atoms with Crippen molar-refractivity contribution in [3.8, 4) is 11.3 Å². The summed E-state index contributed by atoms with van der Waals surface area (Å²) in [4.78, 5) is 23.9. The first-order valence-electron chi connectivity index (χ1n) is 7.27. The minimum atomic E-state index is -0.230. The smallest absolute Gasteiger partial charge is 0.268 e. The third kappa shape index (κ3) is 3.24. The Morgan fingerprint density at radius 2 is 2.25 bits per heavy atom. The fraction of sp³-hybridized carbons (Fsp3) is 0.188. The third-order valence-corrected chi connectivity index (χ3v) is 4.00. The van der Waals surface area contributed by atoms with Gasteiger partial charge in [-0.3, -0.25) is 4.79 Å². The number of carbonyl (C=O) groups is 1. The van der Waals surface area contributed by atoms with Crippen molar-refractivity contribution in [2.75, 3.05) is 26.0 Å². The maximum absolute atomic E-state index is 12.6. The number of nitrogens with zero attached hydrogens (tertiary/aromatic N) is 2. The fourth-order valence-electron chi connectivity index (χ4n) is 2.47. The maximum Gasteiger partial charge on any atom is 0.268 e. The van der Waals surface area contributed by atoms with Crippen LogP contribution in [0.25, 0.3) is 22.2 Å². The molecule has 3 aromatic rings. The number of carbonyl (C=O) groups excluding carboxylic acids is 1. The highest BCUT2D eigenvalue weighted by molar-refractivity contribution is 9.10. The number of benzene rings is 1. The minimum absolute atomic E-state index is 0.155. The van der Waals surface area contributed by atoms with Crippen molar-refractivity contribution in [3.05, 3.63) is 40.6 Å². The van der Waals surface area contributed by atoms with Gasteiger partial charge in [0.1, 0.15) is 5.69 Å². The molecule has 0 atom stereocenters. The van der Waals surface area contributed by atoms with Crippen LogP contribution in [0.15, 0.2) is 34.9 Å². The average molecular weight is 390 g/mol. The summed E-state index contributed by atoms with van der Waals surface area (Å²) in [6.45, 7) is 0.854. The molecule has 2 heterocycles. The first-order valence-corrected chi connectivity index (χ1v) is 8.06. The number of amides is 1. The highest BCUT2D eigenvalue weighted by Crippen LogP contribution is 2.33. The van der Waals surface area contributed by atoms with Gasteiger partial charge < -0.3 is 20.8 Å². The largest absolute Gasteiger partial charge is 0.383 e. The number of rotatable bonds is 5. The Labute approximate surface area is 146 Å². The Kier molecular flexibility index (Phi) is 4.77. The van der Waals surface area contributed by atoms with Gasteiger partial charge >= 0.3 is 0 Å². The summed E-state index contributed by atoms with van der Waals surface area (Å²) in [6, 6.07) is 7.47. The zero-order chi connectivity index (χ0) is 17.1. The van der Waals surface area contributed by atoms with E-state index in [4.69, 9.17) is 10.5 Å². The fourth-order valence-corrected chi connectivity index (χ4v) is 2.83. The molecule has 1 aromatic carbocycles. The van der Waals surface area contributed by atoms with Gasteiger partial charge in [-0.15, -0.1) is 0 Å². The van der Waals surface area contributed by atoms with Crippen LogP contribution in [0.1, 0.15) is 10.5 Å². The van der Waals surface area contributed by atoms with Gasteiger partial charge in [-0.05, 0) is 24.3 Å². The molecule has 0 saturated heterocycles. The van der Waals surface area contributed by atoms with Crippen LogP contribution < -0.4 is 11.1 Å². The van der Waals surface area contributed by atoms with Crippen LogP contribution in [-0.4, -0.2) is 41.1 Å². The number of nitrogens with two attached hydrogens (primary N) is 1. The number of aromatic nitrogens is 3. The lowest BCUT2D eigenvalue weighted by Gasteiger charge is -2.06. The molecule has 7 nitrogen and oxygen atoms in total. The second-order valence-corrected chi connectivity index (χ2v) is 6.03. The second-order valence-electron chi connectivity index (χ2n) is 5.11. The van der Waals surface area contributed by atoms with Crippen molar-refractivity contribution in [1.82, 2.24) is 20.3 Å². The van der Waals surface area contributed by atoms with Crippen LogP contribution in [0.5, 0.6) is 0 Å². The number of anilines is 1. The number of nitrogens with one attached hydrogen (secondary N) is 2. The lowest BCUT2D eigenvalue weighted by atomic mass is 10.1. The van der Waals surface area contributed by atoms with Gasteiger partial charge in [0.25, 0.3) is 5.91 Å². The topological polar surface area (TPSA) is 106 Å². The molecule has 0 aliphatic rings. The molecule has 1 amide bonds. The predicted molar refractivity (Wildman–Crippen MR) is 95.6 cm³/mol. The molecular formula is C16H16BrN5O2. The van der Waals surface area contributed by atoms with Crippen molar-refractivity contribution in [3.63, 3.8) is 0 Å². The number of nitrogen functional groups attached to an aromatic ring is 1. The number of halogens is 1. The number of hydrogen-bond donors (Lipinski definition) is 3. The zero-order valence-electron chi connectivity index (χ0n) is 13.0. The average Bonchev–Trinajstić information content (AvgIpc) is 2.93. The monoisotopic (exact) mass is 389 g/mol. The summed E-state index contributed by atoms with van der Waals surface area (Å²) in [5.41, 5.74) is 8.24. The molecule has 0 fully saturated rings. The molecule has 0 saturated carbocycles. The Balaban J connectivity index is 2.14. The number of aromatic amines is 1. The number of H-pyrrole nitrogens is 1. The van der Waals surface area contributed by atoms with Crippen molar-refractivity contribution in [2.24, 2.45) is 0 Å². The summed E-state index contributed by atoms with van der Waals surface area (Å²) >= 11 is 3.46. The van der Waals surface area contributed by atoms with Crippen molar-refractivity contribution >= 4 is 38.7 Å². The van der Waals surface area contributed by atoms with E-state index >= 15 is 0 Å². The number of ether oxygens (including phenoxy) is 1. The van der Waals surface area contributed by atoms with Gasteiger partial charge in [-0.25, -0.2) is 9.97 Å². The SMILES string of the molecule is COCCNC(=O)c1[nH]c2ccc(Br)cc2c1-c1ccnc(N)n1. The normalized spacial score (nSPS) is 10.9. The lowest BCUT2D eigenvalue weighted by molar-refractivity contribution is 0.0933. The number of hydrogen-bond acceptors (Lipinski definition) is 5. The Bertz CT molecular complexity index is 893. The number of methoxy groups -OCH3 is 1. The van der Waals surface area contributed by atoms with Crippen molar-refractivity contribution in [1.29, 1.82) is 0 Å². The van der Waals surface area contributed by atoms with E-state index in [9.17, 15) is 4.79 Å². The van der Waals surface area contributed by atoms with E-state index in [1.54, 1.807) is 19.4 Å². The third-order valence-electron chi connectivity index (χ3n) is 3.51. The first-order chi connectivity index (χ1) is 11.6. The van der Waals surface area contributed by atoms with Gasteiger partial charge in [-0.1, -0.05) is 15.9 Å². The molecule has 0 aliphatic carbocycles. The molecule has 0 spiro atoms. The molecule has 0 unspecified atom stereocenters. The van der Waals surface area contributed by atoms with E-state index in [2.05, 4.69) is 36.2 Å². The summed E-state index contributed by atoms with van der Waals surface area (Å²) in [5.74, 6) is -0.0749. The molecule has 3 rings (SSSR count). The van der Waals surface area contributed by atoms with Crippen LogP contribution in [0.2, 0.25) is 0 Å². The zero-order valence-corrected chi connectivity index (χ0v) is 14.6. The molecule has 0 aliphatic heterocycles. The van der Waals surface area contributed by atoms with Crippen LogP contribution in [-0.2, 0) is 4.74 Å². The predicted octanol–water partition coefficient (Wildman–Crippen LogP) is 2.35. The van der Waals surface area contributed by atoms with E-state index in [0.717, 1.165) is 15.4 Å². The lowest BCUT2D eigenvalue weighted by Crippen LogP contribution is -2.27. The van der Waals surface area contributed by atoms with E-state index in [1.807, 2.05) is 18.2 Å². The van der Waals surface area contributed by atoms with Gasteiger partial charge in [0.05, 0.1) is 12.3 Å². The summed E-state index contributed by atoms with van der Waals surface area (Å²) < 4.78 is 5.87. The van der Waals surface area contributed by atoms with Crippen molar-refractivity contribution in [2.45, 2.75) is 0 Å². The quantitative estimate of drug-likeness (QED) is 0.580. The summed E-state index contributed by atoms with van der Waals surface area (Å²) in [6.07, 6.45) is 1.57. The second kappa shape index (κ2) is 6.98.